The molecule has 0 spiro atoms. The Balaban J connectivity index is 1.60. The van der Waals surface area contributed by atoms with E-state index in [4.69, 9.17) is 0 Å². The topological polar surface area (TPSA) is 42.2 Å². The van der Waals surface area contributed by atoms with E-state index in [-0.39, 0.29) is 0 Å². The van der Waals surface area contributed by atoms with Crippen LogP contribution in [0.1, 0.15) is 28.1 Å². The normalized spacial score (nSPS) is 11.6. The van der Waals surface area contributed by atoms with Crippen LogP contribution in [0.3, 0.4) is 0 Å². The molecular formula is C22H22N4S. The molecular weight excluding hydrogens is 352 g/mol. The van der Waals surface area contributed by atoms with Crippen molar-refractivity contribution >= 4 is 32.9 Å². The van der Waals surface area contributed by atoms with Gasteiger partial charge in [-0.3, -0.25) is 5.43 Å². The van der Waals surface area contributed by atoms with Gasteiger partial charge >= 0.3 is 0 Å². The molecule has 27 heavy (non-hydrogen) atoms. The Morgan fingerprint density at radius 2 is 1.85 bits per heavy atom. The lowest BCUT2D eigenvalue weighted by atomic mass is 10.1. The number of aromatic nitrogens is 2. The number of benzene rings is 2. The number of fused-ring (bicyclic) bond motifs is 1. The number of hydrazone groups is 1. The van der Waals surface area contributed by atoms with Gasteiger partial charge in [-0.2, -0.15) is 5.10 Å². The van der Waals surface area contributed by atoms with Gasteiger partial charge in [-0.05, 0) is 57.5 Å². The molecule has 0 bridgehead atoms. The summed E-state index contributed by atoms with van der Waals surface area (Å²) in [4.78, 5) is 4.54. The molecule has 2 aromatic heterocycles. The average molecular weight is 375 g/mol. The maximum atomic E-state index is 4.54. The lowest BCUT2D eigenvalue weighted by Gasteiger charge is -2.13. The summed E-state index contributed by atoms with van der Waals surface area (Å²) in [6, 6.07) is 16.8. The highest BCUT2D eigenvalue weighted by molar-refractivity contribution is 7.22. The minimum Gasteiger partial charge on any atom is -0.318 e. The lowest BCUT2D eigenvalue weighted by Crippen LogP contribution is -2.02. The molecule has 1 N–H and O–H groups in total. The Kier molecular flexibility index (Phi) is 4.54. The third-order valence-electron chi connectivity index (χ3n) is 4.72. The molecule has 0 atom stereocenters. The van der Waals surface area contributed by atoms with Crippen LogP contribution in [-0.4, -0.2) is 15.8 Å². The van der Waals surface area contributed by atoms with Gasteiger partial charge in [0.2, 0.25) is 5.13 Å². The number of anilines is 1. The highest BCUT2D eigenvalue weighted by Crippen LogP contribution is 2.26. The number of hydrogen-bond donors (Lipinski definition) is 1. The van der Waals surface area contributed by atoms with Gasteiger partial charge in [0.1, 0.15) is 0 Å². The average Bonchev–Trinajstić information content (AvgIpc) is 3.16. The number of hydrogen-bond acceptors (Lipinski definition) is 4. The molecule has 4 nitrogen and oxygen atoms in total. The molecule has 0 radical (unpaired) electrons. The number of nitrogens with zero attached hydrogens (tertiary/aromatic N) is 3. The van der Waals surface area contributed by atoms with E-state index in [9.17, 15) is 0 Å². The van der Waals surface area contributed by atoms with Gasteiger partial charge in [0.15, 0.2) is 0 Å². The second kappa shape index (κ2) is 7.00. The van der Waals surface area contributed by atoms with Gasteiger partial charge < -0.3 is 4.57 Å². The summed E-state index contributed by atoms with van der Waals surface area (Å²) in [5, 5.41) is 5.21. The van der Waals surface area contributed by atoms with E-state index >= 15 is 0 Å². The van der Waals surface area contributed by atoms with Gasteiger partial charge in [-0.25, -0.2) is 4.98 Å². The lowest BCUT2D eigenvalue weighted by molar-refractivity contribution is 0.953. The number of thiazole rings is 1. The van der Waals surface area contributed by atoms with Crippen LogP contribution in [0.5, 0.6) is 0 Å². The monoisotopic (exact) mass is 374 g/mol. The molecule has 5 heteroatoms. The molecule has 0 aliphatic carbocycles. The van der Waals surface area contributed by atoms with Crippen LogP contribution in [0.15, 0.2) is 53.6 Å². The zero-order chi connectivity index (χ0) is 19.0. The third-order valence-corrected chi connectivity index (χ3v) is 5.66. The fraction of sp³-hybridized carbons (Fsp3) is 0.182. The minimum atomic E-state index is 0.802. The molecule has 0 unspecified atom stereocenters. The van der Waals surface area contributed by atoms with Crippen molar-refractivity contribution in [3.8, 4) is 5.69 Å². The molecule has 136 valence electrons. The minimum absolute atomic E-state index is 0.802. The maximum Gasteiger partial charge on any atom is 0.204 e. The van der Waals surface area contributed by atoms with Crippen LogP contribution in [0, 0.1) is 27.7 Å². The van der Waals surface area contributed by atoms with E-state index < -0.39 is 0 Å². The first-order valence-electron chi connectivity index (χ1n) is 8.94. The summed E-state index contributed by atoms with van der Waals surface area (Å²) in [6.07, 6.45) is 1.87. The first kappa shape index (κ1) is 17.5. The quantitative estimate of drug-likeness (QED) is 0.364. The van der Waals surface area contributed by atoms with Gasteiger partial charge in [0, 0.05) is 22.6 Å². The third kappa shape index (κ3) is 3.38. The molecule has 0 amide bonds. The number of nitrogens with one attached hydrogen (secondary N) is 1. The van der Waals surface area contributed by atoms with Gasteiger partial charge in [0.25, 0.3) is 0 Å². The SMILES string of the molecule is Cc1ccc(-n2c(C)cc(C=NNc3nc4ccccc4s3)c2C)c(C)c1. The maximum absolute atomic E-state index is 4.54. The Morgan fingerprint density at radius 3 is 2.63 bits per heavy atom. The van der Waals surface area contributed by atoms with Gasteiger partial charge in [0.05, 0.1) is 16.4 Å². The van der Waals surface area contributed by atoms with E-state index in [1.165, 1.54) is 28.2 Å². The Labute approximate surface area is 163 Å². The second-order valence-corrected chi connectivity index (χ2v) is 7.84. The summed E-state index contributed by atoms with van der Waals surface area (Å²) in [6.45, 7) is 8.54. The van der Waals surface area contributed by atoms with E-state index in [0.717, 1.165) is 20.9 Å². The smallest absolute Gasteiger partial charge is 0.204 e. The molecule has 2 aromatic carbocycles. The van der Waals surface area contributed by atoms with Crippen molar-refractivity contribution < 1.29 is 0 Å². The number of aryl methyl sites for hydroxylation is 3. The number of rotatable bonds is 4. The Morgan fingerprint density at radius 1 is 1.04 bits per heavy atom. The van der Waals surface area contributed by atoms with E-state index in [2.05, 4.69) is 78.1 Å². The van der Waals surface area contributed by atoms with Gasteiger partial charge in [-0.15, -0.1) is 0 Å². The van der Waals surface area contributed by atoms with Crippen LogP contribution in [0.4, 0.5) is 5.13 Å². The van der Waals surface area contributed by atoms with E-state index in [1.807, 2.05) is 24.4 Å². The van der Waals surface area contributed by atoms with Crippen molar-refractivity contribution in [1.29, 1.82) is 0 Å². The highest BCUT2D eigenvalue weighted by atomic mass is 32.1. The summed E-state index contributed by atoms with van der Waals surface area (Å²) in [5.41, 5.74) is 11.3. The summed E-state index contributed by atoms with van der Waals surface area (Å²) >= 11 is 1.60. The summed E-state index contributed by atoms with van der Waals surface area (Å²) < 4.78 is 3.44. The predicted molar refractivity (Wildman–Crippen MR) is 116 cm³/mol. The molecule has 4 rings (SSSR count). The second-order valence-electron chi connectivity index (χ2n) is 6.81. The standard InChI is InChI=1S/C22H22N4S/c1-14-9-10-20(15(2)11-14)26-16(3)12-18(17(26)4)13-23-25-22-24-19-7-5-6-8-21(19)27-22/h5-13H,1-4H3,(H,24,25). The van der Waals surface area contributed by atoms with Crippen LogP contribution in [0.25, 0.3) is 15.9 Å². The largest absolute Gasteiger partial charge is 0.318 e. The van der Waals surface area contributed by atoms with Crippen molar-refractivity contribution in [3.05, 3.63) is 76.6 Å². The molecule has 0 saturated heterocycles. The van der Waals surface area contributed by atoms with Gasteiger partial charge in [-0.1, -0.05) is 41.2 Å². The zero-order valence-corrected chi connectivity index (χ0v) is 16.8. The molecule has 0 aliphatic heterocycles. The molecule has 2 heterocycles. The highest BCUT2D eigenvalue weighted by Gasteiger charge is 2.11. The number of para-hydroxylation sites is 1. The fourth-order valence-corrected chi connectivity index (χ4v) is 4.24. The molecule has 0 fully saturated rings. The summed E-state index contributed by atoms with van der Waals surface area (Å²) in [7, 11) is 0. The van der Waals surface area contributed by atoms with Crippen molar-refractivity contribution in [2.75, 3.05) is 5.43 Å². The van der Waals surface area contributed by atoms with Crippen LogP contribution in [-0.2, 0) is 0 Å². The Bertz CT molecular complexity index is 1120. The summed E-state index contributed by atoms with van der Waals surface area (Å²) in [5.74, 6) is 0. The van der Waals surface area contributed by atoms with Crippen molar-refractivity contribution in [3.63, 3.8) is 0 Å². The van der Waals surface area contributed by atoms with E-state index in [1.54, 1.807) is 11.3 Å². The first-order valence-corrected chi connectivity index (χ1v) is 9.76. The first-order chi connectivity index (χ1) is 13.0. The zero-order valence-electron chi connectivity index (χ0n) is 15.9. The molecule has 0 saturated carbocycles. The van der Waals surface area contributed by atoms with Crippen molar-refractivity contribution in [2.45, 2.75) is 27.7 Å². The fourth-order valence-electron chi connectivity index (χ4n) is 3.42. The van der Waals surface area contributed by atoms with Crippen LogP contribution in [0.2, 0.25) is 0 Å². The molecule has 0 aliphatic rings. The molecule has 4 aromatic rings. The predicted octanol–water partition coefficient (Wildman–Crippen LogP) is 5.77. The Hall–Kier alpha value is -2.92. The van der Waals surface area contributed by atoms with Crippen LogP contribution < -0.4 is 5.43 Å². The van der Waals surface area contributed by atoms with Crippen molar-refractivity contribution in [1.82, 2.24) is 9.55 Å². The van der Waals surface area contributed by atoms with Crippen LogP contribution >= 0.6 is 11.3 Å². The van der Waals surface area contributed by atoms with E-state index in [0.29, 0.717) is 0 Å². The van der Waals surface area contributed by atoms with Crippen molar-refractivity contribution in [2.24, 2.45) is 5.10 Å².